The number of nitrogens with one attached hydrogen (secondary N) is 1. The Hall–Kier alpha value is -2.90. The highest BCUT2D eigenvalue weighted by Gasteiger charge is 2.23. The molecule has 2 aromatic heterocycles. The molecule has 0 fully saturated rings. The molecule has 0 unspecified atom stereocenters. The van der Waals surface area contributed by atoms with Crippen molar-refractivity contribution in [3.05, 3.63) is 75.9 Å². The molecule has 0 saturated heterocycles. The molecule has 0 radical (unpaired) electrons. The van der Waals surface area contributed by atoms with Crippen LogP contribution in [0, 0.1) is 0 Å². The molecule has 0 spiro atoms. The average Bonchev–Trinajstić information content (AvgIpc) is 3.36. The van der Waals surface area contributed by atoms with Crippen LogP contribution in [0.2, 0.25) is 0 Å². The molecule has 5 rings (SSSR count). The van der Waals surface area contributed by atoms with Gasteiger partial charge in [0.05, 0.1) is 11.1 Å². The minimum Gasteiger partial charge on any atom is -0.325 e. The van der Waals surface area contributed by atoms with Gasteiger partial charge in [-0.15, -0.1) is 17.9 Å². The maximum absolute atomic E-state index is 13.2. The molecule has 31 heavy (non-hydrogen) atoms. The molecule has 0 atom stereocenters. The van der Waals surface area contributed by atoms with E-state index in [0.717, 1.165) is 45.9 Å². The summed E-state index contributed by atoms with van der Waals surface area (Å²) in [6.45, 7) is 4.16. The van der Waals surface area contributed by atoms with E-state index in [0.29, 0.717) is 11.7 Å². The van der Waals surface area contributed by atoms with E-state index in [1.807, 2.05) is 42.5 Å². The van der Waals surface area contributed by atoms with Crippen molar-refractivity contribution < 1.29 is 4.79 Å². The first-order valence-electron chi connectivity index (χ1n) is 10.2. The number of rotatable bonds is 6. The number of thioether (sulfide) groups is 1. The molecule has 0 saturated carbocycles. The SMILES string of the molecule is C=CCn1c(SCC(=O)Nc2cccc3ccccc23)nc2sc3c(c2c1=O)CCC3. The smallest absolute Gasteiger partial charge is 0.263 e. The highest BCUT2D eigenvalue weighted by atomic mass is 32.2. The molecule has 156 valence electrons. The van der Waals surface area contributed by atoms with Gasteiger partial charge in [0.25, 0.3) is 5.56 Å². The van der Waals surface area contributed by atoms with Gasteiger partial charge in [0.2, 0.25) is 5.91 Å². The molecule has 2 heterocycles. The van der Waals surface area contributed by atoms with Crippen molar-refractivity contribution in [2.45, 2.75) is 31.0 Å². The fourth-order valence-corrected chi connectivity index (χ4v) is 6.22. The van der Waals surface area contributed by atoms with Gasteiger partial charge in [-0.2, -0.15) is 0 Å². The fourth-order valence-electron chi connectivity index (χ4n) is 4.11. The number of carbonyl (C=O) groups is 1. The van der Waals surface area contributed by atoms with Gasteiger partial charge in [0, 0.05) is 22.5 Å². The van der Waals surface area contributed by atoms with Crippen LogP contribution < -0.4 is 10.9 Å². The highest BCUT2D eigenvalue weighted by Crippen LogP contribution is 2.35. The molecule has 4 aromatic rings. The highest BCUT2D eigenvalue weighted by molar-refractivity contribution is 7.99. The van der Waals surface area contributed by atoms with Gasteiger partial charge < -0.3 is 5.32 Å². The van der Waals surface area contributed by atoms with Crippen LogP contribution in [0.3, 0.4) is 0 Å². The Bertz CT molecular complexity index is 1380. The molecule has 0 bridgehead atoms. The molecular weight excluding hydrogens is 426 g/mol. The van der Waals surface area contributed by atoms with Gasteiger partial charge >= 0.3 is 0 Å². The van der Waals surface area contributed by atoms with E-state index in [-0.39, 0.29) is 17.2 Å². The van der Waals surface area contributed by atoms with Crippen LogP contribution in [0.25, 0.3) is 21.0 Å². The lowest BCUT2D eigenvalue weighted by Gasteiger charge is -2.11. The summed E-state index contributed by atoms with van der Waals surface area (Å²) in [5.74, 6) is 0.0400. The summed E-state index contributed by atoms with van der Waals surface area (Å²) in [7, 11) is 0. The summed E-state index contributed by atoms with van der Waals surface area (Å²) in [4.78, 5) is 32.7. The summed E-state index contributed by atoms with van der Waals surface area (Å²) >= 11 is 2.90. The third-order valence-corrected chi connectivity index (χ3v) is 7.66. The predicted octanol–water partition coefficient (Wildman–Crippen LogP) is 5.02. The molecule has 7 heteroatoms. The van der Waals surface area contributed by atoms with Gasteiger partial charge in [-0.3, -0.25) is 14.2 Å². The Balaban J connectivity index is 1.41. The van der Waals surface area contributed by atoms with E-state index in [9.17, 15) is 9.59 Å². The van der Waals surface area contributed by atoms with Crippen molar-refractivity contribution >= 4 is 55.7 Å². The zero-order valence-electron chi connectivity index (χ0n) is 16.9. The second-order valence-corrected chi connectivity index (χ2v) is 9.53. The van der Waals surface area contributed by atoms with Crippen molar-refractivity contribution in [2.75, 3.05) is 11.1 Å². The van der Waals surface area contributed by atoms with Gasteiger partial charge in [0.15, 0.2) is 5.16 Å². The molecular formula is C24H21N3O2S2. The van der Waals surface area contributed by atoms with Gasteiger partial charge in [-0.05, 0) is 36.3 Å². The number of hydrogen-bond donors (Lipinski definition) is 1. The lowest BCUT2D eigenvalue weighted by Crippen LogP contribution is -2.24. The standard InChI is InChI=1S/C24H21N3O2S2/c1-2-13-27-23(29)21-17-10-6-12-19(17)31-22(21)26-24(27)30-14-20(28)25-18-11-5-8-15-7-3-4-9-16(15)18/h2-5,7-9,11H,1,6,10,12-14H2,(H,25,28). The van der Waals surface area contributed by atoms with Crippen molar-refractivity contribution in [1.82, 2.24) is 9.55 Å². The lowest BCUT2D eigenvalue weighted by molar-refractivity contribution is -0.113. The Morgan fingerprint density at radius 2 is 2.06 bits per heavy atom. The average molecular weight is 448 g/mol. The van der Waals surface area contributed by atoms with Crippen LogP contribution in [-0.2, 0) is 24.2 Å². The monoisotopic (exact) mass is 447 g/mol. The third kappa shape index (κ3) is 3.68. The van der Waals surface area contributed by atoms with E-state index < -0.39 is 0 Å². The molecule has 0 aliphatic heterocycles. The Kier molecular flexibility index (Phi) is 5.38. The second kappa shape index (κ2) is 8.32. The molecule has 1 N–H and O–H groups in total. The number of benzene rings is 2. The summed E-state index contributed by atoms with van der Waals surface area (Å²) in [5.41, 5.74) is 1.92. The summed E-state index contributed by atoms with van der Waals surface area (Å²) in [6, 6.07) is 13.8. The molecule has 5 nitrogen and oxygen atoms in total. The molecule has 2 aromatic carbocycles. The van der Waals surface area contributed by atoms with Crippen molar-refractivity contribution in [3.63, 3.8) is 0 Å². The van der Waals surface area contributed by atoms with Crippen LogP contribution in [0.1, 0.15) is 16.9 Å². The zero-order chi connectivity index (χ0) is 21.4. The van der Waals surface area contributed by atoms with E-state index >= 15 is 0 Å². The maximum atomic E-state index is 13.2. The van der Waals surface area contributed by atoms with E-state index in [2.05, 4.69) is 11.9 Å². The van der Waals surface area contributed by atoms with Crippen LogP contribution in [0.4, 0.5) is 5.69 Å². The number of carbonyl (C=O) groups excluding carboxylic acids is 1. The summed E-state index contributed by atoms with van der Waals surface area (Å²) in [6.07, 6.45) is 4.76. The molecule has 1 aliphatic carbocycles. The first-order chi connectivity index (χ1) is 15.2. The minimum atomic E-state index is -0.130. The number of aryl methyl sites for hydroxylation is 2. The quantitative estimate of drug-likeness (QED) is 0.256. The number of aromatic nitrogens is 2. The van der Waals surface area contributed by atoms with E-state index in [1.165, 1.54) is 22.2 Å². The van der Waals surface area contributed by atoms with Gasteiger partial charge in [-0.1, -0.05) is 54.2 Å². The Labute approximate surface area is 187 Å². The van der Waals surface area contributed by atoms with Crippen molar-refractivity contribution in [3.8, 4) is 0 Å². The first kappa shape index (κ1) is 20.0. The van der Waals surface area contributed by atoms with Gasteiger partial charge in [0.1, 0.15) is 4.83 Å². The largest absolute Gasteiger partial charge is 0.325 e. The maximum Gasteiger partial charge on any atom is 0.263 e. The van der Waals surface area contributed by atoms with Crippen LogP contribution in [0.5, 0.6) is 0 Å². The van der Waals surface area contributed by atoms with Crippen molar-refractivity contribution in [2.24, 2.45) is 0 Å². The van der Waals surface area contributed by atoms with Crippen LogP contribution in [-0.4, -0.2) is 21.2 Å². The number of allylic oxidation sites excluding steroid dienone is 1. The predicted molar refractivity (Wildman–Crippen MR) is 129 cm³/mol. The van der Waals surface area contributed by atoms with Crippen LogP contribution in [0.15, 0.2) is 65.1 Å². The number of hydrogen-bond acceptors (Lipinski definition) is 5. The molecule has 1 amide bonds. The van der Waals surface area contributed by atoms with Crippen molar-refractivity contribution in [1.29, 1.82) is 0 Å². The van der Waals surface area contributed by atoms with Gasteiger partial charge in [-0.25, -0.2) is 4.98 Å². The summed E-state index contributed by atoms with van der Waals surface area (Å²) < 4.78 is 1.64. The minimum absolute atomic E-state index is 0.0266. The molecule has 1 aliphatic rings. The van der Waals surface area contributed by atoms with E-state index in [1.54, 1.807) is 22.0 Å². The number of nitrogens with zero attached hydrogens (tertiary/aromatic N) is 2. The number of amides is 1. The number of anilines is 1. The summed E-state index contributed by atoms with van der Waals surface area (Å²) in [5, 5.41) is 6.39. The number of thiophene rings is 1. The normalized spacial score (nSPS) is 12.9. The topological polar surface area (TPSA) is 64.0 Å². The third-order valence-electron chi connectivity index (χ3n) is 5.50. The van der Waals surface area contributed by atoms with E-state index in [4.69, 9.17) is 4.98 Å². The van der Waals surface area contributed by atoms with Crippen LogP contribution >= 0.6 is 23.1 Å². The Morgan fingerprint density at radius 1 is 1.23 bits per heavy atom. The zero-order valence-corrected chi connectivity index (χ0v) is 18.5. The lowest BCUT2D eigenvalue weighted by atomic mass is 10.1. The first-order valence-corrected chi connectivity index (χ1v) is 12.0. The fraction of sp³-hybridized carbons (Fsp3) is 0.208. The Morgan fingerprint density at radius 3 is 2.94 bits per heavy atom. The number of fused-ring (bicyclic) bond motifs is 4. The second-order valence-electron chi connectivity index (χ2n) is 7.50.